The topological polar surface area (TPSA) is 17.8 Å². The molecule has 0 N–H and O–H groups in total. The molecule has 310 valence electrons. The lowest BCUT2D eigenvalue weighted by Crippen LogP contribution is -1.94. The van der Waals surface area contributed by atoms with E-state index in [1.165, 1.54) is 97.9 Å². The van der Waals surface area contributed by atoms with Crippen molar-refractivity contribution in [3.63, 3.8) is 0 Å². The van der Waals surface area contributed by atoms with Gasteiger partial charge in [-0.05, 0) is 130 Å². The number of rotatable bonds is 5. The molecule has 0 atom stereocenters. The number of benzene rings is 12. The Morgan fingerprint density at radius 3 is 1.46 bits per heavy atom. The average molecular weight is 849 g/mol. The van der Waals surface area contributed by atoms with Crippen LogP contribution in [-0.2, 0) is 0 Å². The average Bonchev–Trinajstić information content (AvgIpc) is 3.74. The number of hydrogen-bond donors (Lipinski definition) is 0. The summed E-state index contributed by atoms with van der Waals surface area (Å²) >= 11 is 0. The van der Waals surface area contributed by atoms with Crippen LogP contribution in [0.5, 0.6) is 0 Å². The van der Waals surface area contributed by atoms with Gasteiger partial charge in [-0.2, -0.15) is 0 Å². The van der Waals surface area contributed by atoms with Crippen LogP contribution in [0.25, 0.3) is 137 Å². The van der Waals surface area contributed by atoms with Gasteiger partial charge in [0.2, 0.25) is 0 Å². The Hall–Kier alpha value is -8.85. The first-order valence-corrected chi connectivity index (χ1v) is 23.1. The zero-order valence-corrected chi connectivity index (χ0v) is 36.5. The molecule has 67 heavy (non-hydrogen) atoms. The molecule has 2 aromatic heterocycles. The Bertz CT molecular complexity index is 4320. The molecule has 0 amide bonds. The molecule has 0 radical (unpaired) electrons. The van der Waals surface area contributed by atoms with Gasteiger partial charge < -0.3 is 4.57 Å². The highest BCUT2D eigenvalue weighted by molar-refractivity contribution is 6.29. The van der Waals surface area contributed by atoms with Crippen molar-refractivity contribution in [3.05, 3.63) is 243 Å². The molecule has 2 heterocycles. The molecule has 2 heteroatoms. The van der Waals surface area contributed by atoms with Gasteiger partial charge >= 0.3 is 0 Å². The van der Waals surface area contributed by atoms with E-state index >= 15 is 0 Å². The van der Waals surface area contributed by atoms with Crippen LogP contribution in [0.2, 0.25) is 0 Å². The van der Waals surface area contributed by atoms with Crippen molar-refractivity contribution in [2.45, 2.75) is 0 Å². The summed E-state index contributed by atoms with van der Waals surface area (Å²) < 4.78 is 2.40. The second-order valence-corrected chi connectivity index (χ2v) is 17.8. The van der Waals surface area contributed by atoms with Crippen LogP contribution in [0.15, 0.2) is 243 Å². The van der Waals surface area contributed by atoms with Gasteiger partial charge in [-0.3, -0.25) is 0 Å². The fourth-order valence-electron chi connectivity index (χ4n) is 11.1. The fourth-order valence-corrected chi connectivity index (χ4v) is 11.1. The number of aromatic nitrogens is 2. The molecule has 0 spiro atoms. The van der Waals surface area contributed by atoms with Gasteiger partial charge in [0.05, 0.1) is 22.2 Å². The first-order valence-electron chi connectivity index (χ1n) is 23.1. The van der Waals surface area contributed by atoms with E-state index in [0.29, 0.717) is 0 Å². The van der Waals surface area contributed by atoms with Gasteiger partial charge in [0, 0.05) is 32.8 Å². The van der Waals surface area contributed by atoms with Crippen LogP contribution in [0.1, 0.15) is 0 Å². The first kappa shape index (κ1) is 37.5. The van der Waals surface area contributed by atoms with E-state index in [1.54, 1.807) is 0 Å². The van der Waals surface area contributed by atoms with Gasteiger partial charge in [0.1, 0.15) is 0 Å². The van der Waals surface area contributed by atoms with Crippen LogP contribution in [0.3, 0.4) is 0 Å². The SMILES string of the molecule is c1ccc(-c2nc3cc(-c4ccc5c(-c6ccc7ccccc7c6)c6ccccc6c(-c6ccc7ccccc7c6)c5c4)ccc3c3ccc4c(c5ccccc5n4-c4ccccc4)c23)cc1. The Labute approximate surface area is 387 Å². The van der Waals surface area contributed by atoms with E-state index < -0.39 is 0 Å². The minimum absolute atomic E-state index is 0.972. The first-order chi connectivity index (χ1) is 33.2. The molecule has 0 bridgehead atoms. The lowest BCUT2D eigenvalue weighted by Gasteiger charge is -2.19. The van der Waals surface area contributed by atoms with Crippen LogP contribution >= 0.6 is 0 Å². The fraction of sp³-hybridized carbons (Fsp3) is 0. The molecular weight excluding hydrogens is 809 g/mol. The maximum Gasteiger partial charge on any atom is 0.0795 e. The summed E-state index contributed by atoms with van der Waals surface area (Å²) in [6.45, 7) is 0. The number of nitrogens with zero attached hydrogens (tertiary/aromatic N) is 2. The summed E-state index contributed by atoms with van der Waals surface area (Å²) in [5.41, 5.74) is 13.8. The highest BCUT2D eigenvalue weighted by Crippen LogP contribution is 2.47. The van der Waals surface area contributed by atoms with Crippen molar-refractivity contribution in [2.24, 2.45) is 0 Å². The molecule has 0 unspecified atom stereocenters. The Kier molecular flexibility index (Phi) is 8.32. The van der Waals surface area contributed by atoms with E-state index in [9.17, 15) is 0 Å². The Morgan fingerprint density at radius 2 is 0.776 bits per heavy atom. The Morgan fingerprint density at radius 1 is 0.269 bits per heavy atom. The summed E-state index contributed by atoms with van der Waals surface area (Å²) in [5.74, 6) is 0. The summed E-state index contributed by atoms with van der Waals surface area (Å²) in [5, 5.41) is 15.8. The minimum Gasteiger partial charge on any atom is -0.309 e. The second kappa shape index (κ2) is 14.9. The quantitative estimate of drug-likeness (QED) is 0.125. The van der Waals surface area contributed by atoms with Crippen molar-refractivity contribution in [3.8, 4) is 50.3 Å². The third-order valence-corrected chi connectivity index (χ3v) is 14.1. The molecule has 0 aliphatic carbocycles. The second-order valence-electron chi connectivity index (χ2n) is 17.8. The highest BCUT2D eigenvalue weighted by Gasteiger charge is 2.22. The number of hydrogen-bond acceptors (Lipinski definition) is 1. The maximum atomic E-state index is 5.67. The van der Waals surface area contributed by atoms with Crippen molar-refractivity contribution < 1.29 is 0 Å². The monoisotopic (exact) mass is 848 g/mol. The third-order valence-electron chi connectivity index (χ3n) is 14.1. The van der Waals surface area contributed by atoms with E-state index in [4.69, 9.17) is 4.98 Å². The van der Waals surface area contributed by atoms with Gasteiger partial charge in [-0.1, -0.05) is 194 Å². The van der Waals surface area contributed by atoms with Crippen molar-refractivity contribution >= 4 is 86.6 Å². The third kappa shape index (κ3) is 5.87. The van der Waals surface area contributed by atoms with Gasteiger partial charge in [-0.25, -0.2) is 4.98 Å². The number of para-hydroxylation sites is 2. The predicted octanol–water partition coefficient (Wildman–Crippen LogP) is 17.8. The maximum absolute atomic E-state index is 5.67. The molecule has 0 saturated carbocycles. The van der Waals surface area contributed by atoms with Crippen molar-refractivity contribution in [1.29, 1.82) is 0 Å². The molecule has 14 aromatic rings. The summed E-state index contributed by atoms with van der Waals surface area (Å²) in [6.07, 6.45) is 0. The minimum atomic E-state index is 0.972. The molecular formula is C65H40N2. The zero-order chi connectivity index (χ0) is 44.0. The molecule has 0 fully saturated rings. The molecule has 0 saturated heterocycles. The standard InChI is InChI=1S/C65H40N2/c1-3-17-43(18-4-1)65-64-54(35-36-60-63(64)56-25-13-14-26-59(56)67(60)50-21-5-2-6-22-50)51-33-31-47(40-58(51)66-65)46-32-34-55-57(39-46)62(49-30-28-42-16-8-10-20-45(42)38-49)53-24-12-11-23-52(53)61(55)48-29-27-41-15-7-9-19-44(41)37-48/h1-40H. The summed E-state index contributed by atoms with van der Waals surface area (Å²) in [4.78, 5) is 5.67. The normalized spacial score (nSPS) is 11.9. The van der Waals surface area contributed by atoms with Gasteiger partial charge in [-0.15, -0.1) is 0 Å². The van der Waals surface area contributed by atoms with Crippen LogP contribution < -0.4 is 0 Å². The van der Waals surface area contributed by atoms with Crippen LogP contribution in [0, 0.1) is 0 Å². The lowest BCUT2D eigenvalue weighted by atomic mass is 9.84. The number of fused-ring (bicyclic) bond motifs is 11. The van der Waals surface area contributed by atoms with Gasteiger partial charge in [0.25, 0.3) is 0 Å². The smallest absolute Gasteiger partial charge is 0.0795 e. The molecule has 14 rings (SSSR count). The van der Waals surface area contributed by atoms with Crippen molar-refractivity contribution in [1.82, 2.24) is 9.55 Å². The summed E-state index contributed by atoms with van der Waals surface area (Å²) in [7, 11) is 0. The van der Waals surface area contributed by atoms with E-state index in [-0.39, 0.29) is 0 Å². The van der Waals surface area contributed by atoms with E-state index in [1.807, 2.05) is 0 Å². The van der Waals surface area contributed by atoms with E-state index in [2.05, 4.69) is 247 Å². The predicted molar refractivity (Wildman–Crippen MR) is 285 cm³/mol. The largest absolute Gasteiger partial charge is 0.309 e. The van der Waals surface area contributed by atoms with Crippen LogP contribution in [0.4, 0.5) is 0 Å². The van der Waals surface area contributed by atoms with Gasteiger partial charge in [0.15, 0.2) is 0 Å². The highest BCUT2D eigenvalue weighted by atomic mass is 15.0. The lowest BCUT2D eigenvalue weighted by molar-refractivity contribution is 1.18. The number of pyridine rings is 1. The van der Waals surface area contributed by atoms with Crippen molar-refractivity contribution in [2.75, 3.05) is 0 Å². The molecule has 0 aliphatic rings. The Balaban J connectivity index is 1.03. The molecule has 2 nitrogen and oxygen atoms in total. The van der Waals surface area contributed by atoms with Crippen LogP contribution in [-0.4, -0.2) is 9.55 Å². The van der Waals surface area contributed by atoms with E-state index in [0.717, 1.165) is 39.0 Å². The molecule has 12 aromatic carbocycles. The summed E-state index contributed by atoms with van der Waals surface area (Å²) in [6, 6.07) is 89.0. The zero-order valence-electron chi connectivity index (χ0n) is 36.5. The molecule has 0 aliphatic heterocycles.